The molecule has 1 aromatic carbocycles. The van der Waals surface area contributed by atoms with Crippen LogP contribution in [0, 0.1) is 0 Å². The van der Waals surface area contributed by atoms with Crippen LogP contribution in [0.2, 0.25) is 0 Å². The number of nitrogens with two attached hydrogens (primary N) is 3. The van der Waals surface area contributed by atoms with Gasteiger partial charge in [0.05, 0.1) is 19.5 Å². The minimum Gasteiger partial charge on any atom is -0.368 e. The zero-order valence-corrected chi connectivity index (χ0v) is 11.0. The molecule has 1 rings (SSSR count). The van der Waals surface area contributed by atoms with Crippen molar-refractivity contribution in [2.24, 2.45) is 17.2 Å². The molecule has 0 atom stereocenters. The number of rotatable bonds is 7. The van der Waals surface area contributed by atoms with Gasteiger partial charge in [-0.2, -0.15) is 0 Å². The van der Waals surface area contributed by atoms with Crippen LogP contribution in [0.15, 0.2) is 24.3 Å². The second kappa shape index (κ2) is 7.25. The minimum absolute atomic E-state index is 0.0609. The van der Waals surface area contributed by atoms with Gasteiger partial charge in [-0.05, 0) is 11.1 Å². The molecule has 108 valence electrons. The van der Waals surface area contributed by atoms with Gasteiger partial charge in [0.1, 0.15) is 0 Å². The Bertz CT molecular complexity index is 483. The number of hydrogen-bond acceptors (Lipinski definition) is 4. The number of hydrogen-bond donors (Lipinski definition) is 3. The number of carbonyl (C=O) groups is 3. The minimum atomic E-state index is -0.696. The monoisotopic (exact) mass is 278 g/mol. The average Bonchev–Trinajstić information content (AvgIpc) is 2.37. The maximum Gasteiger partial charge on any atom is 0.237 e. The second-order valence-electron chi connectivity index (χ2n) is 4.38. The summed E-state index contributed by atoms with van der Waals surface area (Å²) in [5.74, 6) is -1.78. The van der Waals surface area contributed by atoms with Crippen LogP contribution >= 0.6 is 0 Å². The number of carbonyl (C=O) groups excluding carboxylic acids is 3. The molecule has 7 nitrogen and oxygen atoms in total. The molecule has 0 radical (unpaired) electrons. The van der Waals surface area contributed by atoms with Gasteiger partial charge in [-0.1, -0.05) is 24.3 Å². The topological polar surface area (TPSA) is 133 Å². The molecule has 1 aromatic rings. The molecular weight excluding hydrogens is 260 g/mol. The van der Waals surface area contributed by atoms with Crippen LogP contribution in [0.5, 0.6) is 0 Å². The van der Waals surface area contributed by atoms with Gasteiger partial charge >= 0.3 is 0 Å². The lowest BCUT2D eigenvalue weighted by Gasteiger charge is -2.19. The number of primary amides is 2. The van der Waals surface area contributed by atoms with Crippen molar-refractivity contribution in [3.05, 3.63) is 35.4 Å². The van der Waals surface area contributed by atoms with E-state index >= 15 is 0 Å². The van der Waals surface area contributed by atoms with Gasteiger partial charge < -0.3 is 22.1 Å². The van der Waals surface area contributed by atoms with E-state index in [0.717, 1.165) is 16.0 Å². The molecule has 0 saturated heterocycles. The summed E-state index contributed by atoms with van der Waals surface area (Å²) < 4.78 is 0. The number of amides is 3. The fraction of sp³-hybridized carbons (Fsp3) is 0.308. The van der Waals surface area contributed by atoms with Crippen molar-refractivity contribution in [1.29, 1.82) is 0 Å². The lowest BCUT2D eigenvalue weighted by Crippen LogP contribution is -2.43. The smallest absolute Gasteiger partial charge is 0.237 e. The SMILES string of the molecule is NCc1ccc(CC(=O)N(CC(N)=O)CC(N)=O)cc1. The Labute approximate surface area is 116 Å². The van der Waals surface area contributed by atoms with Crippen molar-refractivity contribution in [2.45, 2.75) is 13.0 Å². The molecule has 0 aliphatic carbocycles. The van der Waals surface area contributed by atoms with Crippen LogP contribution in [0.3, 0.4) is 0 Å². The summed E-state index contributed by atoms with van der Waals surface area (Å²) in [6, 6.07) is 7.17. The third kappa shape index (κ3) is 5.07. The van der Waals surface area contributed by atoms with Crippen molar-refractivity contribution in [2.75, 3.05) is 13.1 Å². The van der Waals surface area contributed by atoms with Gasteiger partial charge in [-0.15, -0.1) is 0 Å². The van der Waals surface area contributed by atoms with Gasteiger partial charge in [0.2, 0.25) is 17.7 Å². The molecule has 0 bridgehead atoms. The first kappa shape index (κ1) is 15.6. The quantitative estimate of drug-likeness (QED) is 0.559. The zero-order chi connectivity index (χ0) is 15.1. The highest BCUT2D eigenvalue weighted by atomic mass is 16.2. The third-order valence-corrected chi connectivity index (χ3v) is 2.66. The van der Waals surface area contributed by atoms with Gasteiger partial charge in [0.25, 0.3) is 0 Å². The molecular formula is C13H18N4O3. The van der Waals surface area contributed by atoms with Crippen LogP contribution in [-0.4, -0.2) is 35.7 Å². The summed E-state index contributed by atoms with van der Waals surface area (Å²) in [5.41, 5.74) is 17.3. The highest BCUT2D eigenvalue weighted by molar-refractivity contribution is 5.88. The van der Waals surface area contributed by atoms with Crippen molar-refractivity contribution >= 4 is 17.7 Å². The molecule has 0 saturated carbocycles. The Kier molecular flexibility index (Phi) is 5.67. The molecule has 7 heteroatoms. The zero-order valence-electron chi connectivity index (χ0n) is 11.0. The van der Waals surface area contributed by atoms with E-state index in [2.05, 4.69) is 0 Å². The summed E-state index contributed by atoms with van der Waals surface area (Å²) in [5, 5.41) is 0. The van der Waals surface area contributed by atoms with Crippen molar-refractivity contribution in [3.63, 3.8) is 0 Å². The lowest BCUT2D eigenvalue weighted by atomic mass is 10.1. The summed E-state index contributed by atoms with van der Waals surface area (Å²) >= 11 is 0. The van der Waals surface area contributed by atoms with Gasteiger partial charge in [0, 0.05) is 6.54 Å². The highest BCUT2D eigenvalue weighted by Gasteiger charge is 2.18. The molecule has 0 heterocycles. The van der Waals surface area contributed by atoms with Crippen molar-refractivity contribution in [1.82, 2.24) is 4.90 Å². The predicted octanol–water partition coefficient (Wildman–Crippen LogP) is -1.51. The van der Waals surface area contributed by atoms with Crippen LogP contribution in [0.4, 0.5) is 0 Å². The number of benzene rings is 1. The molecule has 6 N–H and O–H groups in total. The fourth-order valence-electron chi connectivity index (χ4n) is 1.69. The Morgan fingerprint density at radius 2 is 1.35 bits per heavy atom. The molecule has 0 fully saturated rings. The Morgan fingerprint density at radius 1 is 0.900 bits per heavy atom. The average molecular weight is 278 g/mol. The molecule has 0 spiro atoms. The van der Waals surface area contributed by atoms with Crippen LogP contribution in [0.25, 0.3) is 0 Å². The highest BCUT2D eigenvalue weighted by Crippen LogP contribution is 2.06. The van der Waals surface area contributed by atoms with E-state index in [9.17, 15) is 14.4 Å². The Morgan fingerprint density at radius 3 is 1.75 bits per heavy atom. The maximum absolute atomic E-state index is 12.0. The second-order valence-corrected chi connectivity index (χ2v) is 4.38. The van der Waals surface area contributed by atoms with E-state index in [1.807, 2.05) is 12.1 Å². The third-order valence-electron chi connectivity index (χ3n) is 2.66. The summed E-state index contributed by atoms with van der Waals surface area (Å²) in [4.78, 5) is 34.9. The largest absolute Gasteiger partial charge is 0.368 e. The van der Waals surface area contributed by atoms with Crippen molar-refractivity contribution in [3.8, 4) is 0 Å². The molecule has 0 aromatic heterocycles. The number of nitrogens with zero attached hydrogens (tertiary/aromatic N) is 1. The van der Waals surface area contributed by atoms with Crippen LogP contribution < -0.4 is 17.2 Å². The summed E-state index contributed by atoms with van der Waals surface area (Å²) in [6.07, 6.45) is 0.0609. The fourth-order valence-corrected chi connectivity index (χ4v) is 1.69. The van der Waals surface area contributed by atoms with E-state index in [1.165, 1.54) is 0 Å². The maximum atomic E-state index is 12.0. The van der Waals surface area contributed by atoms with Gasteiger partial charge in [-0.3, -0.25) is 14.4 Å². The first-order chi connectivity index (χ1) is 9.42. The van der Waals surface area contributed by atoms with Crippen molar-refractivity contribution < 1.29 is 14.4 Å². The molecule has 0 unspecified atom stereocenters. The molecule has 0 aliphatic heterocycles. The van der Waals surface area contributed by atoms with Crippen LogP contribution in [-0.2, 0) is 27.3 Å². The normalized spacial score (nSPS) is 10.1. The summed E-state index contributed by atoms with van der Waals surface area (Å²) in [6.45, 7) is -0.241. The van der Waals surface area contributed by atoms with E-state index in [0.29, 0.717) is 6.54 Å². The van der Waals surface area contributed by atoms with E-state index in [1.54, 1.807) is 12.1 Å². The molecule has 3 amide bonds. The molecule has 20 heavy (non-hydrogen) atoms. The molecule has 0 aliphatic rings. The Hall–Kier alpha value is -2.41. The Balaban J connectivity index is 2.73. The van der Waals surface area contributed by atoms with E-state index in [4.69, 9.17) is 17.2 Å². The van der Waals surface area contributed by atoms with E-state index in [-0.39, 0.29) is 25.4 Å². The first-order valence-corrected chi connectivity index (χ1v) is 6.04. The standard InChI is InChI=1S/C13H18N4O3/c14-6-10-3-1-9(2-4-10)5-13(20)17(7-11(15)18)8-12(16)19/h1-4H,5-8,14H2,(H2,15,18)(H2,16,19). The van der Waals surface area contributed by atoms with Crippen LogP contribution in [0.1, 0.15) is 11.1 Å². The van der Waals surface area contributed by atoms with Gasteiger partial charge in [-0.25, -0.2) is 0 Å². The summed E-state index contributed by atoms with van der Waals surface area (Å²) in [7, 11) is 0. The predicted molar refractivity (Wildman–Crippen MR) is 73.0 cm³/mol. The van der Waals surface area contributed by atoms with E-state index < -0.39 is 11.8 Å². The first-order valence-electron chi connectivity index (χ1n) is 6.04. The lowest BCUT2D eigenvalue weighted by molar-refractivity contribution is -0.137. The van der Waals surface area contributed by atoms with Gasteiger partial charge in [0.15, 0.2) is 0 Å².